The smallest absolute Gasteiger partial charge is 0.422 e. The van der Waals surface area contributed by atoms with Crippen molar-refractivity contribution in [2.24, 2.45) is 0 Å². The molecule has 0 aliphatic carbocycles. The maximum absolute atomic E-state index is 13.1. The monoisotopic (exact) mass is 568 g/mol. The summed E-state index contributed by atoms with van der Waals surface area (Å²) in [5.41, 5.74) is -0.320. The van der Waals surface area contributed by atoms with Crippen molar-refractivity contribution in [3.8, 4) is 17.4 Å². The Kier molecular flexibility index (Phi) is 9.07. The number of carbonyl (C=O) groups excluding carboxylic acids is 1. The van der Waals surface area contributed by atoms with E-state index in [1.807, 2.05) is 0 Å². The number of hydrogen-bond donors (Lipinski definition) is 2. The molecule has 1 amide bonds. The lowest BCUT2D eigenvalue weighted by atomic mass is 10.1. The molecule has 0 saturated carbocycles. The number of benzene rings is 2. The number of likely N-dealkylation sites (tertiary alicyclic amines) is 1. The Morgan fingerprint density at radius 1 is 0.925 bits per heavy atom. The number of anilines is 2. The van der Waals surface area contributed by atoms with Gasteiger partial charge in [0.15, 0.2) is 12.4 Å². The number of rotatable bonds is 9. The fourth-order valence-electron chi connectivity index (χ4n) is 4.04. The molecule has 214 valence electrons. The molecule has 1 aliphatic rings. The SMILES string of the molecule is O=C(NCCN1CCCCC1)c1ccc(-c2nc(Nc3cccc(C(F)(F)F)c3)nc(OCC(F)(F)F)n2)cc1. The molecule has 1 aliphatic heterocycles. The summed E-state index contributed by atoms with van der Waals surface area (Å²) < 4.78 is 82.1. The Morgan fingerprint density at radius 3 is 2.33 bits per heavy atom. The highest BCUT2D eigenvalue weighted by atomic mass is 19.4. The molecule has 2 aromatic carbocycles. The van der Waals surface area contributed by atoms with Gasteiger partial charge in [0.1, 0.15) is 0 Å². The fraction of sp³-hybridized carbons (Fsp3) is 0.385. The van der Waals surface area contributed by atoms with Gasteiger partial charge < -0.3 is 20.3 Å². The van der Waals surface area contributed by atoms with E-state index in [1.54, 1.807) is 0 Å². The second kappa shape index (κ2) is 12.5. The largest absolute Gasteiger partial charge is 0.454 e. The topological polar surface area (TPSA) is 92.3 Å². The van der Waals surface area contributed by atoms with Gasteiger partial charge >= 0.3 is 18.4 Å². The van der Waals surface area contributed by atoms with E-state index >= 15 is 0 Å². The summed E-state index contributed by atoms with van der Waals surface area (Å²) in [5, 5.41) is 5.41. The highest BCUT2D eigenvalue weighted by Crippen LogP contribution is 2.31. The third-order valence-electron chi connectivity index (χ3n) is 5.99. The Morgan fingerprint density at radius 2 is 1.65 bits per heavy atom. The average Bonchev–Trinajstić information content (AvgIpc) is 2.92. The molecule has 0 bridgehead atoms. The van der Waals surface area contributed by atoms with Crippen LogP contribution < -0.4 is 15.4 Å². The van der Waals surface area contributed by atoms with Crippen LogP contribution in [0, 0.1) is 0 Å². The lowest BCUT2D eigenvalue weighted by Gasteiger charge is -2.26. The van der Waals surface area contributed by atoms with Crippen LogP contribution in [0.1, 0.15) is 35.2 Å². The summed E-state index contributed by atoms with van der Waals surface area (Å²) in [6.07, 6.45) is -5.77. The van der Waals surface area contributed by atoms with Crippen molar-refractivity contribution in [2.45, 2.75) is 31.6 Å². The third kappa shape index (κ3) is 8.53. The molecule has 0 unspecified atom stereocenters. The van der Waals surface area contributed by atoms with E-state index in [1.165, 1.54) is 36.8 Å². The second-order valence-electron chi connectivity index (χ2n) is 9.11. The molecule has 2 heterocycles. The molecule has 1 saturated heterocycles. The van der Waals surface area contributed by atoms with Gasteiger partial charge in [-0.1, -0.05) is 24.6 Å². The summed E-state index contributed by atoms with van der Waals surface area (Å²) in [6, 6.07) is 9.46. The minimum Gasteiger partial charge on any atom is -0.454 e. The van der Waals surface area contributed by atoms with Gasteiger partial charge in [-0.15, -0.1) is 0 Å². The van der Waals surface area contributed by atoms with Gasteiger partial charge in [0.2, 0.25) is 5.95 Å². The zero-order valence-corrected chi connectivity index (χ0v) is 21.1. The molecule has 0 radical (unpaired) electrons. The summed E-state index contributed by atoms with van der Waals surface area (Å²) in [7, 11) is 0. The normalized spacial score (nSPS) is 14.6. The van der Waals surface area contributed by atoms with E-state index < -0.39 is 30.5 Å². The maximum atomic E-state index is 13.1. The molecule has 40 heavy (non-hydrogen) atoms. The number of ether oxygens (including phenoxy) is 1. The molecule has 1 fully saturated rings. The summed E-state index contributed by atoms with van der Waals surface area (Å²) in [5.74, 6) is -0.736. The van der Waals surface area contributed by atoms with Crippen LogP contribution >= 0.6 is 0 Å². The van der Waals surface area contributed by atoms with E-state index in [9.17, 15) is 31.1 Å². The summed E-state index contributed by atoms with van der Waals surface area (Å²) in [6.45, 7) is 1.57. The van der Waals surface area contributed by atoms with Gasteiger partial charge in [0.05, 0.1) is 5.56 Å². The van der Waals surface area contributed by atoms with Gasteiger partial charge in [-0.2, -0.15) is 41.3 Å². The number of hydrogen-bond acceptors (Lipinski definition) is 7. The molecular formula is C26H26F6N6O2. The summed E-state index contributed by atoms with van der Waals surface area (Å²) >= 11 is 0. The first-order valence-corrected chi connectivity index (χ1v) is 12.5. The predicted molar refractivity (Wildman–Crippen MR) is 134 cm³/mol. The van der Waals surface area contributed by atoms with E-state index in [0.717, 1.165) is 50.7 Å². The Bertz CT molecular complexity index is 1290. The minimum atomic E-state index is -4.68. The Balaban J connectivity index is 1.50. The van der Waals surface area contributed by atoms with Crippen molar-refractivity contribution >= 4 is 17.5 Å². The molecule has 4 rings (SSSR count). The van der Waals surface area contributed by atoms with Crippen LogP contribution in [-0.4, -0.2) is 64.7 Å². The van der Waals surface area contributed by atoms with Crippen LogP contribution in [-0.2, 0) is 6.18 Å². The highest BCUT2D eigenvalue weighted by Gasteiger charge is 2.31. The first kappa shape index (κ1) is 29.1. The van der Waals surface area contributed by atoms with Gasteiger partial charge in [-0.05, 0) is 56.3 Å². The van der Waals surface area contributed by atoms with Crippen molar-refractivity contribution in [1.82, 2.24) is 25.2 Å². The third-order valence-corrected chi connectivity index (χ3v) is 5.99. The zero-order valence-electron chi connectivity index (χ0n) is 21.1. The number of nitrogens with zero attached hydrogens (tertiary/aromatic N) is 4. The molecule has 3 aromatic rings. The van der Waals surface area contributed by atoms with Gasteiger partial charge in [0, 0.05) is 29.9 Å². The standard InChI is InChI=1S/C26H26F6N6O2/c27-25(28,29)16-40-24-36-21(35-23(37-24)34-20-6-4-5-19(15-20)26(30,31)32)17-7-9-18(10-8-17)22(39)33-11-14-38-12-2-1-3-13-38/h4-10,15H,1-3,11-14,16H2,(H,33,39)(H,34,35,36,37). The van der Waals surface area contributed by atoms with Crippen LogP contribution in [0.3, 0.4) is 0 Å². The van der Waals surface area contributed by atoms with E-state index in [2.05, 4.69) is 35.2 Å². The van der Waals surface area contributed by atoms with Crippen molar-refractivity contribution < 1.29 is 35.9 Å². The van der Waals surface area contributed by atoms with Crippen LogP contribution in [0.25, 0.3) is 11.4 Å². The number of amides is 1. The zero-order chi connectivity index (χ0) is 28.8. The lowest BCUT2D eigenvalue weighted by molar-refractivity contribution is -0.154. The Labute approximate surface area is 225 Å². The van der Waals surface area contributed by atoms with Crippen molar-refractivity contribution in [3.05, 3.63) is 59.7 Å². The van der Waals surface area contributed by atoms with E-state index in [4.69, 9.17) is 0 Å². The number of alkyl halides is 6. The molecule has 0 atom stereocenters. The number of carbonyl (C=O) groups is 1. The number of piperidine rings is 1. The predicted octanol–water partition coefficient (Wildman–Crippen LogP) is 5.46. The number of aromatic nitrogens is 3. The quantitative estimate of drug-likeness (QED) is 0.332. The van der Waals surface area contributed by atoms with Gasteiger partial charge in [-0.3, -0.25) is 4.79 Å². The molecule has 14 heteroatoms. The van der Waals surface area contributed by atoms with E-state index in [0.29, 0.717) is 17.7 Å². The maximum Gasteiger partial charge on any atom is 0.422 e. The first-order chi connectivity index (χ1) is 19.0. The lowest BCUT2D eigenvalue weighted by Crippen LogP contribution is -2.37. The average molecular weight is 569 g/mol. The minimum absolute atomic E-state index is 0.0506. The van der Waals surface area contributed by atoms with Crippen LogP contribution in [0.5, 0.6) is 6.01 Å². The van der Waals surface area contributed by atoms with Crippen molar-refractivity contribution in [3.63, 3.8) is 0 Å². The van der Waals surface area contributed by atoms with Crippen LogP contribution in [0.4, 0.5) is 38.0 Å². The number of nitrogens with one attached hydrogen (secondary N) is 2. The highest BCUT2D eigenvalue weighted by molar-refractivity contribution is 5.94. The van der Waals surface area contributed by atoms with Gasteiger partial charge in [0.25, 0.3) is 5.91 Å². The first-order valence-electron chi connectivity index (χ1n) is 12.5. The molecular weight excluding hydrogens is 542 g/mol. The molecule has 8 nitrogen and oxygen atoms in total. The van der Waals surface area contributed by atoms with Crippen molar-refractivity contribution in [2.75, 3.05) is 38.1 Å². The van der Waals surface area contributed by atoms with Crippen molar-refractivity contribution in [1.29, 1.82) is 0 Å². The van der Waals surface area contributed by atoms with Crippen LogP contribution in [0.15, 0.2) is 48.5 Å². The second-order valence-corrected chi connectivity index (χ2v) is 9.11. The number of halogens is 6. The van der Waals surface area contributed by atoms with Crippen LogP contribution in [0.2, 0.25) is 0 Å². The van der Waals surface area contributed by atoms with E-state index in [-0.39, 0.29) is 23.4 Å². The molecule has 0 spiro atoms. The fourth-order valence-corrected chi connectivity index (χ4v) is 4.04. The molecule has 1 aromatic heterocycles. The van der Waals surface area contributed by atoms with Gasteiger partial charge in [-0.25, -0.2) is 0 Å². The Hall–Kier alpha value is -3.94. The molecule has 2 N–H and O–H groups in total. The summed E-state index contributed by atoms with van der Waals surface area (Å²) in [4.78, 5) is 26.6.